The zero-order valence-corrected chi connectivity index (χ0v) is 15.1. The minimum absolute atomic E-state index is 0.452. The molecule has 6 nitrogen and oxygen atoms in total. The van der Waals surface area contributed by atoms with Gasteiger partial charge in [0.25, 0.3) is 0 Å². The van der Waals surface area contributed by atoms with E-state index in [4.69, 9.17) is 4.52 Å². The molecule has 1 aliphatic heterocycles. The fourth-order valence-corrected chi connectivity index (χ4v) is 3.64. The molecule has 0 bridgehead atoms. The zero-order chi connectivity index (χ0) is 16.8. The molecule has 2 aromatic rings. The summed E-state index contributed by atoms with van der Waals surface area (Å²) in [5, 5.41) is 14.3. The second kappa shape index (κ2) is 8.19. The molecular formula is C17H25N5OS. The van der Waals surface area contributed by atoms with Gasteiger partial charge in [0.2, 0.25) is 0 Å². The van der Waals surface area contributed by atoms with Gasteiger partial charge in [-0.25, -0.2) is 0 Å². The van der Waals surface area contributed by atoms with Crippen molar-refractivity contribution in [2.45, 2.75) is 38.8 Å². The highest BCUT2D eigenvalue weighted by Crippen LogP contribution is 2.24. The van der Waals surface area contributed by atoms with Gasteiger partial charge in [-0.3, -0.25) is 4.99 Å². The molecule has 0 amide bonds. The highest BCUT2D eigenvalue weighted by atomic mass is 32.1. The zero-order valence-electron chi connectivity index (χ0n) is 14.3. The molecule has 2 N–H and O–H groups in total. The summed E-state index contributed by atoms with van der Waals surface area (Å²) in [5.41, 5.74) is 0.982. The van der Waals surface area contributed by atoms with Gasteiger partial charge in [0.1, 0.15) is 0 Å². The number of guanidine groups is 1. The molecule has 1 aliphatic rings. The fourth-order valence-electron chi connectivity index (χ4n) is 2.86. The minimum atomic E-state index is 0.452. The third-order valence-corrected chi connectivity index (χ3v) is 5.21. The Balaban J connectivity index is 1.44. The summed E-state index contributed by atoms with van der Waals surface area (Å²) in [6.45, 7) is 4.83. The number of nitrogens with zero attached hydrogens (tertiary/aromatic N) is 3. The van der Waals surface area contributed by atoms with Crippen LogP contribution in [-0.4, -0.2) is 37.3 Å². The number of aliphatic imine (C=N–C) groups is 1. The van der Waals surface area contributed by atoms with E-state index >= 15 is 0 Å². The van der Waals surface area contributed by atoms with E-state index in [-0.39, 0.29) is 0 Å². The third kappa shape index (κ3) is 4.29. The lowest BCUT2D eigenvalue weighted by atomic mass is 10.1. The van der Waals surface area contributed by atoms with Crippen molar-refractivity contribution in [2.75, 3.05) is 25.0 Å². The molecule has 130 valence electrons. The lowest BCUT2D eigenvalue weighted by Gasteiger charge is -2.33. The van der Waals surface area contributed by atoms with Gasteiger partial charge >= 0.3 is 0 Å². The topological polar surface area (TPSA) is 65.7 Å². The van der Waals surface area contributed by atoms with E-state index < -0.39 is 0 Å². The summed E-state index contributed by atoms with van der Waals surface area (Å²) in [4.78, 5) is 6.77. The van der Waals surface area contributed by atoms with Crippen LogP contribution in [0.5, 0.6) is 0 Å². The normalized spacial score (nSPS) is 16.4. The van der Waals surface area contributed by atoms with Crippen molar-refractivity contribution in [3.8, 4) is 0 Å². The first-order valence-electron chi connectivity index (χ1n) is 8.48. The van der Waals surface area contributed by atoms with E-state index in [0.717, 1.165) is 49.8 Å². The lowest BCUT2D eigenvalue weighted by molar-refractivity contribution is 0.374. The van der Waals surface area contributed by atoms with Gasteiger partial charge in [0.05, 0.1) is 17.2 Å². The number of aromatic nitrogens is 1. The standard InChI is InChI=1S/C17H25N5OS/c1-3-13-11-15(23-21-13)12-19-17(18-2)20-14-6-8-22(9-7-14)16-5-4-10-24-16/h4-5,10-11,14H,3,6-9,12H2,1-2H3,(H2,18,19,20). The van der Waals surface area contributed by atoms with Crippen LogP contribution in [0.1, 0.15) is 31.2 Å². The van der Waals surface area contributed by atoms with Crippen molar-refractivity contribution in [1.29, 1.82) is 0 Å². The first-order valence-corrected chi connectivity index (χ1v) is 9.36. The molecule has 0 aliphatic carbocycles. The Morgan fingerprint density at radius 1 is 1.46 bits per heavy atom. The van der Waals surface area contributed by atoms with E-state index in [1.807, 2.05) is 17.4 Å². The highest BCUT2D eigenvalue weighted by Gasteiger charge is 2.20. The molecule has 0 atom stereocenters. The number of rotatable bonds is 5. The second-order valence-electron chi connectivity index (χ2n) is 5.92. The summed E-state index contributed by atoms with van der Waals surface area (Å²) < 4.78 is 5.30. The van der Waals surface area contributed by atoms with Gasteiger partial charge in [-0.2, -0.15) is 0 Å². The van der Waals surface area contributed by atoms with E-state index in [1.54, 1.807) is 7.05 Å². The Morgan fingerprint density at radius 2 is 2.29 bits per heavy atom. The van der Waals surface area contributed by atoms with Crippen molar-refractivity contribution < 1.29 is 4.52 Å². The largest absolute Gasteiger partial charge is 0.363 e. The quantitative estimate of drug-likeness (QED) is 0.643. The summed E-state index contributed by atoms with van der Waals surface area (Å²) in [6.07, 6.45) is 3.11. The molecule has 0 unspecified atom stereocenters. The average Bonchev–Trinajstić information content (AvgIpc) is 3.30. The van der Waals surface area contributed by atoms with Crippen molar-refractivity contribution in [3.05, 3.63) is 35.0 Å². The minimum Gasteiger partial charge on any atom is -0.363 e. The van der Waals surface area contributed by atoms with Crippen molar-refractivity contribution in [2.24, 2.45) is 4.99 Å². The van der Waals surface area contributed by atoms with Gasteiger partial charge in [-0.1, -0.05) is 12.1 Å². The van der Waals surface area contributed by atoms with Gasteiger partial charge in [-0.15, -0.1) is 11.3 Å². The molecule has 3 heterocycles. The highest BCUT2D eigenvalue weighted by molar-refractivity contribution is 7.14. The predicted molar refractivity (Wildman–Crippen MR) is 98.8 cm³/mol. The molecule has 0 spiro atoms. The van der Waals surface area contributed by atoms with Gasteiger partial charge in [0, 0.05) is 32.2 Å². The van der Waals surface area contributed by atoms with Crippen molar-refractivity contribution in [1.82, 2.24) is 15.8 Å². The van der Waals surface area contributed by atoms with E-state index in [1.165, 1.54) is 5.00 Å². The number of nitrogens with one attached hydrogen (secondary N) is 2. The molecule has 24 heavy (non-hydrogen) atoms. The smallest absolute Gasteiger partial charge is 0.191 e. The van der Waals surface area contributed by atoms with E-state index in [9.17, 15) is 0 Å². The first kappa shape index (κ1) is 16.8. The second-order valence-corrected chi connectivity index (χ2v) is 6.85. The predicted octanol–water partition coefficient (Wildman–Crippen LogP) is 2.63. The van der Waals surface area contributed by atoms with Crippen LogP contribution in [0.4, 0.5) is 5.00 Å². The SMILES string of the molecule is CCc1cc(CNC(=NC)NC2CCN(c3cccs3)CC2)on1. The lowest BCUT2D eigenvalue weighted by Crippen LogP contribution is -2.48. The summed E-state index contributed by atoms with van der Waals surface area (Å²) in [5.74, 6) is 1.65. The Kier molecular flexibility index (Phi) is 5.74. The molecule has 0 aromatic carbocycles. The number of hydrogen-bond acceptors (Lipinski definition) is 5. The van der Waals surface area contributed by atoms with E-state index in [0.29, 0.717) is 12.6 Å². The monoisotopic (exact) mass is 347 g/mol. The van der Waals surface area contributed by atoms with Gasteiger partial charge < -0.3 is 20.1 Å². The van der Waals surface area contributed by atoms with Crippen LogP contribution in [-0.2, 0) is 13.0 Å². The maximum Gasteiger partial charge on any atom is 0.191 e. The van der Waals surface area contributed by atoms with Crippen LogP contribution in [0.3, 0.4) is 0 Å². The number of hydrogen-bond donors (Lipinski definition) is 2. The Bertz CT molecular complexity index is 644. The van der Waals surface area contributed by atoms with Crippen LogP contribution in [0, 0.1) is 0 Å². The molecule has 2 aromatic heterocycles. The third-order valence-electron chi connectivity index (χ3n) is 4.28. The number of anilines is 1. The number of aryl methyl sites for hydroxylation is 1. The molecule has 3 rings (SSSR count). The Hall–Kier alpha value is -2.02. The Morgan fingerprint density at radius 3 is 2.92 bits per heavy atom. The van der Waals surface area contributed by atoms with Crippen molar-refractivity contribution >= 4 is 22.3 Å². The number of thiophene rings is 1. The van der Waals surface area contributed by atoms with Crippen LogP contribution < -0.4 is 15.5 Å². The molecule has 0 radical (unpaired) electrons. The van der Waals surface area contributed by atoms with Crippen LogP contribution in [0.15, 0.2) is 33.1 Å². The maximum atomic E-state index is 5.30. The van der Waals surface area contributed by atoms with Gasteiger partial charge in [-0.05, 0) is 36.8 Å². The molecule has 1 saturated heterocycles. The van der Waals surface area contributed by atoms with Gasteiger partial charge in [0.15, 0.2) is 11.7 Å². The van der Waals surface area contributed by atoms with Crippen LogP contribution >= 0.6 is 11.3 Å². The fraction of sp³-hybridized carbons (Fsp3) is 0.529. The van der Waals surface area contributed by atoms with Crippen LogP contribution in [0.2, 0.25) is 0 Å². The van der Waals surface area contributed by atoms with E-state index in [2.05, 4.69) is 50.1 Å². The first-order chi connectivity index (χ1) is 11.8. The summed E-state index contributed by atoms with van der Waals surface area (Å²) in [6, 6.07) is 6.75. The summed E-state index contributed by atoms with van der Waals surface area (Å²) >= 11 is 1.81. The maximum absolute atomic E-state index is 5.30. The van der Waals surface area contributed by atoms with Crippen molar-refractivity contribution in [3.63, 3.8) is 0 Å². The molecule has 0 saturated carbocycles. The molecule has 1 fully saturated rings. The number of piperidine rings is 1. The molecule has 7 heteroatoms. The summed E-state index contributed by atoms with van der Waals surface area (Å²) in [7, 11) is 1.80. The Labute approximate surface area is 146 Å². The van der Waals surface area contributed by atoms with Crippen LogP contribution in [0.25, 0.3) is 0 Å². The molecular weight excluding hydrogens is 322 g/mol. The average molecular weight is 347 g/mol.